The van der Waals surface area contributed by atoms with Crippen LogP contribution < -0.4 is 14.8 Å². The molecule has 1 aliphatic rings. The molecule has 1 heterocycles. The van der Waals surface area contributed by atoms with E-state index in [1.165, 1.54) is 0 Å². The fraction of sp³-hybridized carbons (Fsp3) is 0.250. The van der Waals surface area contributed by atoms with Gasteiger partial charge in [0.15, 0.2) is 11.5 Å². The molecule has 0 bridgehead atoms. The van der Waals surface area contributed by atoms with Crippen LogP contribution in [0.25, 0.3) is 0 Å². The van der Waals surface area contributed by atoms with Gasteiger partial charge in [-0.1, -0.05) is 30.3 Å². The average molecular weight is 255 g/mol. The van der Waals surface area contributed by atoms with E-state index < -0.39 is 0 Å². The van der Waals surface area contributed by atoms with Crippen molar-refractivity contribution in [2.75, 3.05) is 13.1 Å². The Bertz CT molecular complexity index is 550. The van der Waals surface area contributed by atoms with Crippen molar-refractivity contribution in [1.82, 2.24) is 5.32 Å². The summed E-state index contributed by atoms with van der Waals surface area (Å²) in [5.41, 5.74) is -0.129. The quantitative estimate of drug-likeness (QED) is 0.910. The van der Waals surface area contributed by atoms with Crippen LogP contribution in [0.1, 0.15) is 6.92 Å². The second-order valence-corrected chi connectivity index (χ2v) is 5.02. The molecule has 3 nitrogen and oxygen atoms in total. The average Bonchev–Trinajstić information content (AvgIpc) is 2.40. The van der Waals surface area contributed by atoms with Crippen LogP contribution in [0.15, 0.2) is 54.6 Å². The molecule has 0 aromatic heterocycles. The molecule has 98 valence electrons. The second kappa shape index (κ2) is 4.94. The maximum atomic E-state index is 6.05. The van der Waals surface area contributed by atoms with E-state index >= 15 is 0 Å². The number of ether oxygens (including phenoxy) is 2. The largest absolute Gasteiger partial charge is 0.481 e. The van der Waals surface area contributed by atoms with Crippen molar-refractivity contribution in [1.29, 1.82) is 0 Å². The van der Waals surface area contributed by atoms with Crippen molar-refractivity contribution in [3.05, 3.63) is 54.6 Å². The SMILES string of the molecule is CC1(Oc2ccccc2Oc2ccccc2)CNC1. The predicted molar refractivity (Wildman–Crippen MR) is 74.9 cm³/mol. The van der Waals surface area contributed by atoms with Crippen molar-refractivity contribution in [2.24, 2.45) is 0 Å². The summed E-state index contributed by atoms with van der Waals surface area (Å²) in [7, 11) is 0. The van der Waals surface area contributed by atoms with Gasteiger partial charge >= 0.3 is 0 Å². The molecule has 0 amide bonds. The Kier molecular flexibility index (Phi) is 3.13. The van der Waals surface area contributed by atoms with Gasteiger partial charge in [-0.25, -0.2) is 0 Å². The summed E-state index contributed by atoms with van der Waals surface area (Å²) >= 11 is 0. The highest BCUT2D eigenvalue weighted by atomic mass is 16.5. The normalized spacial score (nSPS) is 16.5. The van der Waals surface area contributed by atoms with Crippen LogP contribution in [0.2, 0.25) is 0 Å². The van der Waals surface area contributed by atoms with Gasteiger partial charge in [0.1, 0.15) is 11.4 Å². The van der Waals surface area contributed by atoms with Gasteiger partial charge in [-0.05, 0) is 31.2 Å². The highest BCUT2D eigenvalue weighted by Gasteiger charge is 2.34. The fourth-order valence-corrected chi connectivity index (χ4v) is 2.05. The van der Waals surface area contributed by atoms with E-state index in [2.05, 4.69) is 12.2 Å². The molecule has 0 spiro atoms. The lowest BCUT2D eigenvalue weighted by molar-refractivity contribution is 0.0328. The molecular formula is C16H17NO2. The number of nitrogens with one attached hydrogen (secondary N) is 1. The molecule has 1 aliphatic heterocycles. The number of hydrogen-bond acceptors (Lipinski definition) is 3. The van der Waals surface area contributed by atoms with Crippen molar-refractivity contribution >= 4 is 0 Å². The number of benzene rings is 2. The first kappa shape index (κ1) is 12.1. The van der Waals surface area contributed by atoms with Crippen LogP contribution in [0.5, 0.6) is 17.2 Å². The first-order valence-corrected chi connectivity index (χ1v) is 6.47. The zero-order valence-electron chi connectivity index (χ0n) is 10.9. The van der Waals surface area contributed by atoms with Crippen molar-refractivity contribution in [3.63, 3.8) is 0 Å². The molecule has 0 aliphatic carbocycles. The van der Waals surface area contributed by atoms with E-state index in [1.807, 2.05) is 54.6 Å². The zero-order valence-corrected chi connectivity index (χ0v) is 10.9. The van der Waals surface area contributed by atoms with Crippen LogP contribution in [-0.2, 0) is 0 Å². The van der Waals surface area contributed by atoms with Gasteiger partial charge < -0.3 is 14.8 Å². The molecular weight excluding hydrogens is 238 g/mol. The summed E-state index contributed by atoms with van der Waals surface area (Å²) in [5.74, 6) is 2.35. The van der Waals surface area contributed by atoms with Gasteiger partial charge in [0.2, 0.25) is 0 Å². The van der Waals surface area contributed by atoms with E-state index in [0.29, 0.717) is 0 Å². The van der Waals surface area contributed by atoms with Crippen LogP contribution in [-0.4, -0.2) is 18.7 Å². The molecule has 19 heavy (non-hydrogen) atoms. The van der Waals surface area contributed by atoms with E-state index in [-0.39, 0.29) is 5.60 Å². The predicted octanol–water partition coefficient (Wildman–Crippen LogP) is 3.22. The molecule has 2 aromatic carbocycles. The van der Waals surface area contributed by atoms with Gasteiger partial charge in [0, 0.05) is 13.1 Å². The molecule has 1 saturated heterocycles. The Morgan fingerprint density at radius 2 is 1.53 bits per heavy atom. The van der Waals surface area contributed by atoms with Crippen LogP contribution in [0.4, 0.5) is 0 Å². The van der Waals surface area contributed by atoms with Crippen molar-refractivity contribution in [3.8, 4) is 17.2 Å². The molecule has 1 fully saturated rings. The third kappa shape index (κ3) is 2.71. The Hall–Kier alpha value is -2.00. The second-order valence-electron chi connectivity index (χ2n) is 5.02. The summed E-state index contributed by atoms with van der Waals surface area (Å²) in [6.07, 6.45) is 0. The molecule has 0 atom stereocenters. The van der Waals surface area contributed by atoms with E-state index in [0.717, 1.165) is 30.3 Å². The lowest BCUT2D eigenvalue weighted by atomic mass is 10.00. The van der Waals surface area contributed by atoms with E-state index in [4.69, 9.17) is 9.47 Å². The zero-order chi connectivity index (χ0) is 13.1. The Balaban J connectivity index is 1.81. The third-order valence-corrected chi connectivity index (χ3v) is 3.17. The highest BCUT2D eigenvalue weighted by molar-refractivity contribution is 5.43. The van der Waals surface area contributed by atoms with E-state index in [9.17, 15) is 0 Å². The van der Waals surface area contributed by atoms with Gasteiger partial charge in [0.25, 0.3) is 0 Å². The lowest BCUT2D eigenvalue weighted by Gasteiger charge is -2.39. The molecule has 0 unspecified atom stereocenters. The molecule has 3 rings (SSSR count). The fourth-order valence-electron chi connectivity index (χ4n) is 2.05. The first-order chi connectivity index (χ1) is 9.25. The molecule has 0 saturated carbocycles. The number of para-hydroxylation sites is 3. The van der Waals surface area contributed by atoms with Gasteiger partial charge in [0.05, 0.1) is 0 Å². The first-order valence-electron chi connectivity index (χ1n) is 6.47. The van der Waals surface area contributed by atoms with E-state index in [1.54, 1.807) is 0 Å². The minimum absolute atomic E-state index is 0.129. The number of rotatable bonds is 4. The maximum absolute atomic E-state index is 6.05. The summed E-state index contributed by atoms with van der Waals surface area (Å²) < 4.78 is 11.9. The van der Waals surface area contributed by atoms with Crippen LogP contribution >= 0.6 is 0 Å². The van der Waals surface area contributed by atoms with Crippen LogP contribution in [0, 0.1) is 0 Å². The summed E-state index contributed by atoms with van der Waals surface area (Å²) in [4.78, 5) is 0. The standard InChI is InChI=1S/C16H17NO2/c1-16(11-17-12-16)19-15-10-6-5-9-14(15)18-13-7-3-2-4-8-13/h2-10,17H,11-12H2,1H3. The Morgan fingerprint density at radius 1 is 0.895 bits per heavy atom. The molecule has 3 heteroatoms. The molecule has 2 aromatic rings. The van der Waals surface area contributed by atoms with Gasteiger partial charge in [-0.2, -0.15) is 0 Å². The Labute approximate surface area is 113 Å². The van der Waals surface area contributed by atoms with Crippen molar-refractivity contribution < 1.29 is 9.47 Å². The summed E-state index contributed by atoms with van der Waals surface area (Å²) in [6, 6.07) is 17.5. The van der Waals surface area contributed by atoms with Gasteiger partial charge in [-0.3, -0.25) is 0 Å². The van der Waals surface area contributed by atoms with Crippen molar-refractivity contribution in [2.45, 2.75) is 12.5 Å². The molecule has 1 N–H and O–H groups in total. The van der Waals surface area contributed by atoms with Crippen LogP contribution in [0.3, 0.4) is 0 Å². The smallest absolute Gasteiger partial charge is 0.169 e. The molecule has 0 radical (unpaired) electrons. The minimum Gasteiger partial charge on any atom is -0.481 e. The monoisotopic (exact) mass is 255 g/mol. The number of hydrogen-bond donors (Lipinski definition) is 1. The maximum Gasteiger partial charge on any atom is 0.169 e. The van der Waals surface area contributed by atoms with Gasteiger partial charge in [-0.15, -0.1) is 0 Å². The third-order valence-electron chi connectivity index (χ3n) is 3.17. The summed E-state index contributed by atoms with van der Waals surface area (Å²) in [5, 5.41) is 3.23. The lowest BCUT2D eigenvalue weighted by Crippen LogP contribution is -2.61. The minimum atomic E-state index is -0.129. The topological polar surface area (TPSA) is 30.5 Å². The summed E-state index contributed by atoms with van der Waals surface area (Å²) in [6.45, 7) is 3.84. The highest BCUT2D eigenvalue weighted by Crippen LogP contribution is 2.34. The Morgan fingerprint density at radius 3 is 2.16 bits per heavy atom.